The minimum Gasteiger partial charge on any atom is -0.356 e. The van der Waals surface area contributed by atoms with E-state index >= 15 is 0 Å². The van der Waals surface area contributed by atoms with Crippen LogP contribution in [0.1, 0.15) is 45.1 Å². The highest BCUT2D eigenvalue weighted by Crippen LogP contribution is 2.21. The zero-order chi connectivity index (χ0) is 18.6. The normalized spacial score (nSPS) is 16.3. The second-order valence-corrected chi connectivity index (χ2v) is 7.33. The lowest BCUT2D eigenvalue weighted by molar-refractivity contribution is 0.258. The third-order valence-electron chi connectivity index (χ3n) is 5.57. The largest absolute Gasteiger partial charge is 0.356 e. The van der Waals surface area contributed by atoms with Gasteiger partial charge in [0.15, 0.2) is 5.96 Å². The second kappa shape index (κ2) is 11.9. The third-order valence-corrected chi connectivity index (χ3v) is 5.57. The standard InChI is InChI=1S/C22H38N4/c1-4-25(5-2)16-10-9-15-24-22(23-3)26-17-13-21(14-18-26)19-20-11-7-6-8-12-20/h6-8,11-12,21H,4-5,9-10,13-19H2,1-3H3,(H,23,24). The Balaban J connectivity index is 1.65. The summed E-state index contributed by atoms with van der Waals surface area (Å²) in [6.07, 6.45) is 6.20. The van der Waals surface area contributed by atoms with Crippen molar-refractivity contribution in [2.24, 2.45) is 10.9 Å². The molecule has 4 nitrogen and oxygen atoms in total. The quantitative estimate of drug-likeness (QED) is 0.415. The molecular formula is C22H38N4. The van der Waals surface area contributed by atoms with Crippen molar-refractivity contribution in [1.29, 1.82) is 0 Å². The summed E-state index contributed by atoms with van der Waals surface area (Å²) in [6.45, 7) is 11.3. The van der Waals surface area contributed by atoms with Crippen LogP contribution in [0.25, 0.3) is 0 Å². The lowest BCUT2D eigenvalue weighted by atomic mass is 9.90. The van der Waals surface area contributed by atoms with Crippen molar-refractivity contribution in [1.82, 2.24) is 15.1 Å². The maximum atomic E-state index is 4.51. The van der Waals surface area contributed by atoms with E-state index in [0.29, 0.717) is 0 Å². The average molecular weight is 359 g/mol. The summed E-state index contributed by atoms with van der Waals surface area (Å²) in [5.41, 5.74) is 1.47. The molecule has 0 bridgehead atoms. The molecule has 1 N–H and O–H groups in total. The summed E-state index contributed by atoms with van der Waals surface area (Å²) in [5.74, 6) is 1.90. The SMILES string of the molecule is CCN(CC)CCCCNC(=NC)N1CCC(Cc2ccccc2)CC1. The number of unbranched alkanes of at least 4 members (excludes halogenated alkanes) is 1. The molecule has 0 spiro atoms. The Morgan fingerprint density at radius 2 is 1.81 bits per heavy atom. The molecule has 1 saturated heterocycles. The van der Waals surface area contributed by atoms with Crippen LogP contribution in [0.2, 0.25) is 0 Å². The molecule has 4 heteroatoms. The van der Waals surface area contributed by atoms with Crippen LogP contribution in [-0.2, 0) is 6.42 Å². The van der Waals surface area contributed by atoms with Gasteiger partial charge in [0, 0.05) is 26.7 Å². The first kappa shape index (κ1) is 20.8. The van der Waals surface area contributed by atoms with E-state index in [1.165, 1.54) is 44.2 Å². The van der Waals surface area contributed by atoms with E-state index in [1.807, 2.05) is 7.05 Å². The van der Waals surface area contributed by atoms with Gasteiger partial charge >= 0.3 is 0 Å². The number of likely N-dealkylation sites (tertiary alicyclic amines) is 1. The number of aliphatic imine (C=N–C) groups is 1. The molecule has 0 aliphatic carbocycles. The van der Waals surface area contributed by atoms with Gasteiger partial charge in [0.05, 0.1) is 0 Å². The van der Waals surface area contributed by atoms with Crippen molar-refractivity contribution in [2.75, 3.05) is 46.3 Å². The molecule has 0 atom stereocenters. The molecule has 2 rings (SSSR count). The molecule has 1 aliphatic rings. The number of guanidine groups is 1. The zero-order valence-corrected chi connectivity index (χ0v) is 17.1. The van der Waals surface area contributed by atoms with Crippen molar-refractivity contribution in [3.05, 3.63) is 35.9 Å². The van der Waals surface area contributed by atoms with Crippen molar-refractivity contribution < 1.29 is 0 Å². The minimum atomic E-state index is 0.806. The number of nitrogens with one attached hydrogen (secondary N) is 1. The van der Waals surface area contributed by atoms with Crippen LogP contribution in [0.4, 0.5) is 0 Å². The molecule has 0 aromatic heterocycles. The van der Waals surface area contributed by atoms with E-state index in [0.717, 1.165) is 44.6 Å². The summed E-state index contributed by atoms with van der Waals surface area (Å²) in [4.78, 5) is 9.44. The van der Waals surface area contributed by atoms with Crippen LogP contribution in [0.3, 0.4) is 0 Å². The maximum Gasteiger partial charge on any atom is 0.193 e. The summed E-state index contributed by atoms with van der Waals surface area (Å²) >= 11 is 0. The molecule has 1 heterocycles. The molecular weight excluding hydrogens is 320 g/mol. The van der Waals surface area contributed by atoms with E-state index in [1.54, 1.807) is 0 Å². The minimum absolute atomic E-state index is 0.806. The lowest BCUT2D eigenvalue weighted by Crippen LogP contribution is -2.46. The molecule has 0 saturated carbocycles. The molecule has 0 amide bonds. The number of hydrogen-bond acceptors (Lipinski definition) is 2. The molecule has 0 unspecified atom stereocenters. The maximum absolute atomic E-state index is 4.51. The van der Waals surface area contributed by atoms with Crippen molar-refractivity contribution in [3.8, 4) is 0 Å². The van der Waals surface area contributed by atoms with Gasteiger partial charge in [0.1, 0.15) is 0 Å². The third kappa shape index (κ3) is 6.99. The van der Waals surface area contributed by atoms with Gasteiger partial charge in [0.2, 0.25) is 0 Å². The number of nitrogens with zero attached hydrogens (tertiary/aromatic N) is 3. The Bertz CT molecular complexity index is 502. The lowest BCUT2D eigenvalue weighted by Gasteiger charge is -2.34. The zero-order valence-electron chi connectivity index (χ0n) is 17.1. The van der Waals surface area contributed by atoms with Crippen molar-refractivity contribution >= 4 is 5.96 Å². The predicted molar refractivity (Wildman–Crippen MR) is 113 cm³/mol. The van der Waals surface area contributed by atoms with Crippen molar-refractivity contribution in [3.63, 3.8) is 0 Å². The molecule has 1 aromatic carbocycles. The van der Waals surface area contributed by atoms with E-state index in [-0.39, 0.29) is 0 Å². The fourth-order valence-electron chi connectivity index (χ4n) is 3.83. The van der Waals surface area contributed by atoms with Gasteiger partial charge in [-0.15, -0.1) is 0 Å². The molecule has 0 radical (unpaired) electrons. The van der Waals surface area contributed by atoms with Crippen LogP contribution in [-0.4, -0.2) is 62.1 Å². The molecule has 1 aromatic rings. The Kier molecular flexibility index (Phi) is 9.54. The smallest absolute Gasteiger partial charge is 0.193 e. The van der Waals surface area contributed by atoms with Gasteiger partial charge < -0.3 is 15.1 Å². The van der Waals surface area contributed by atoms with Crippen LogP contribution in [0, 0.1) is 5.92 Å². The van der Waals surface area contributed by atoms with E-state index in [9.17, 15) is 0 Å². The molecule has 1 aliphatic heterocycles. The summed E-state index contributed by atoms with van der Waals surface area (Å²) in [5, 5.41) is 3.57. The number of rotatable bonds is 9. The molecule has 1 fully saturated rings. The van der Waals surface area contributed by atoms with Gasteiger partial charge in [0.25, 0.3) is 0 Å². The Hall–Kier alpha value is -1.55. The van der Waals surface area contributed by atoms with Crippen LogP contribution >= 0.6 is 0 Å². The molecule has 26 heavy (non-hydrogen) atoms. The van der Waals surface area contributed by atoms with Gasteiger partial charge in [-0.1, -0.05) is 44.2 Å². The molecule has 146 valence electrons. The van der Waals surface area contributed by atoms with E-state index in [2.05, 4.69) is 64.3 Å². The highest BCUT2D eigenvalue weighted by atomic mass is 15.3. The number of benzene rings is 1. The monoisotopic (exact) mass is 358 g/mol. The summed E-state index contributed by atoms with van der Waals surface area (Å²) < 4.78 is 0. The van der Waals surface area contributed by atoms with E-state index < -0.39 is 0 Å². The Morgan fingerprint density at radius 3 is 2.42 bits per heavy atom. The van der Waals surface area contributed by atoms with Crippen molar-refractivity contribution in [2.45, 2.75) is 46.0 Å². The highest BCUT2D eigenvalue weighted by Gasteiger charge is 2.21. The first-order chi connectivity index (χ1) is 12.8. The average Bonchev–Trinajstić information content (AvgIpc) is 2.69. The topological polar surface area (TPSA) is 30.9 Å². The Morgan fingerprint density at radius 1 is 1.12 bits per heavy atom. The fraction of sp³-hybridized carbons (Fsp3) is 0.682. The first-order valence-corrected chi connectivity index (χ1v) is 10.5. The number of piperidine rings is 1. The fourth-order valence-corrected chi connectivity index (χ4v) is 3.83. The highest BCUT2D eigenvalue weighted by molar-refractivity contribution is 5.79. The van der Waals surface area contributed by atoms with Crippen LogP contribution < -0.4 is 5.32 Å². The number of hydrogen-bond donors (Lipinski definition) is 1. The summed E-state index contributed by atoms with van der Waals surface area (Å²) in [7, 11) is 1.91. The van der Waals surface area contributed by atoms with Crippen LogP contribution in [0.15, 0.2) is 35.3 Å². The van der Waals surface area contributed by atoms with Gasteiger partial charge in [-0.3, -0.25) is 4.99 Å². The van der Waals surface area contributed by atoms with Gasteiger partial charge in [-0.25, -0.2) is 0 Å². The van der Waals surface area contributed by atoms with Gasteiger partial charge in [-0.05, 0) is 63.2 Å². The Labute approximate surface area is 160 Å². The first-order valence-electron chi connectivity index (χ1n) is 10.5. The second-order valence-electron chi connectivity index (χ2n) is 7.33. The van der Waals surface area contributed by atoms with Crippen LogP contribution in [0.5, 0.6) is 0 Å². The van der Waals surface area contributed by atoms with Gasteiger partial charge in [-0.2, -0.15) is 0 Å². The van der Waals surface area contributed by atoms with E-state index in [4.69, 9.17) is 0 Å². The summed E-state index contributed by atoms with van der Waals surface area (Å²) in [6, 6.07) is 10.9. The predicted octanol–water partition coefficient (Wildman–Crippen LogP) is 3.64.